The van der Waals surface area contributed by atoms with Crippen LogP contribution in [0.15, 0.2) is 42.5 Å². The summed E-state index contributed by atoms with van der Waals surface area (Å²) in [7, 11) is 2.89. The molecule has 2 aromatic rings. The fourth-order valence-electron chi connectivity index (χ4n) is 2.40. The van der Waals surface area contributed by atoms with E-state index in [1.807, 2.05) is 24.3 Å². The molecular formula is C20H23NO5. The summed E-state index contributed by atoms with van der Waals surface area (Å²) >= 11 is 0. The van der Waals surface area contributed by atoms with Crippen LogP contribution < -0.4 is 14.8 Å². The summed E-state index contributed by atoms with van der Waals surface area (Å²) in [5.41, 5.74) is 1.97. The van der Waals surface area contributed by atoms with Crippen LogP contribution in [0.4, 0.5) is 5.69 Å². The molecule has 0 atom stereocenters. The van der Waals surface area contributed by atoms with E-state index in [1.165, 1.54) is 19.8 Å². The first-order valence-electron chi connectivity index (χ1n) is 8.24. The lowest BCUT2D eigenvalue weighted by molar-refractivity contribution is -0.119. The summed E-state index contributed by atoms with van der Waals surface area (Å²) in [6.07, 6.45) is 0. The van der Waals surface area contributed by atoms with Gasteiger partial charge in [-0.25, -0.2) is 4.79 Å². The lowest BCUT2D eigenvalue weighted by Gasteiger charge is -2.12. The molecule has 0 radical (unpaired) electrons. The highest BCUT2D eigenvalue weighted by atomic mass is 16.5. The van der Waals surface area contributed by atoms with Crippen molar-refractivity contribution in [2.45, 2.75) is 19.8 Å². The molecule has 0 saturated carbocycles. The average molecular weight is 357 g/mol. The SMILES string of the molecule is COc1cccc(OC)c1C(=O)OCC(=O)Nc1ccc(C(C)C)cc1. The number of carbonyl (C=O) groups is 2. The predicted octanol–water partition coefficient (Wildman–Crippen LogP) is 3.62. The molecule has 138 valence electrons. The van der Waals surface area contributed by atoms with Gasteiger partial charge >= 0.3 is 5.97 Å². The minimum atomic E-state index is -0.690. The van der Waals surface area contributed by atoms with E-state index < -0.39 is 18.5 Å². The normalized spacial score (nSPS) is 10.3. The van der Waals surface area contributed by atoms with Crippen molar-refractivity contribution in [3.63, 3.8) is 0 Å². The van der Waals surface area contributed by atoms with Gasteiger partial charge < -0.3 is 19.5 Å². The van der Waals surface area contributed by atoms with Gasteiger partial charge in [0.2, 0.25) is 0 Å². The van der Waals surface area contributed by atoms with E-state index in [-0.39, 0.29) is 5.56 Å². The van der Waals surface area contributed by atoms with Crippen molar-refractivity contribution in [3.8, 4) is 11.5 Å². The van der Waals surface area contributed by atoms with Crippen molar-refractivity contribution < 1.29 is 23.8 Å². The molecule has 2 rings (SSSR count). The van der Waals surface area contributed by atoms with Gasteiger partial charge in [-0.15, -0.1) is 0 Å². The number of esters is 1. The second kappa shape index (κ2) is 8.89. The maximum absolute atomic E-state index is 12.3. The Morgan fingerprint density at radius 2 is 1.54 bits per heavy atom. The standard InChI is InChI=1S/C20H23NO5/c1-13(2)14-8-10-15(11-9-14)21-18(22)12-26-20(23)19-16(24-3)6-5-7-17(19)25-4/h5-11,13H,12H2,1-4H3,(H,21,22). The fourth-order valence-corrected chi connectivity index (χ4v) is 2.40. The molecule has 0 aliphatic heterocycles. The quantitative estimate of drug-likeness (QED) is 0.766. The van der Waals surface area contributed by atoms with E-state index >= 15 is 0 Å². The molecule has 0 unspecified atom stereocenters. The van der Waals surface area contributed by atoms with E-state index in [9.17, 15) is 9.59 Å². The van der Waals surface area contributed by atoms with Gasteiger partial charge in [0.15, 0.2) is 6.61 Å². The fraction of sp³-hybridized carbons (Fsp3) is 0.300. The molecule has 1 amide bonds. The zero-order valence-corrected chi connectivity index (χ0v) is 15.4. The third-order valence-electron chi connectivity index (χ3n) is 3.83. The van der Waals surface area contributed by atoms with E-state index in [0.717, 1.165) is 0 Å². The minimum Gasteiger partial charge on any atom is -0.496 e. The Bertz CT molecular complexity index is 746. The maximum Gasteiger partial charge on any atom is 0.346 e. The summed E-state index contributed by atoms with van der Waals surface area (Å²) < 4.78 is 15.4. The summed E-state index contributed by atoms with van der Waals surface area (Å²) in [6.45, 7) is 3.78. The smallest absolute Gasteiger partial charge is 0.346 e. The number of hydrogen-bond acceptors (Lipinski definition) is 5. The van der Waals surface area contributed by atoms with Gasteiger partial charge in [0.1, 0.15) is 17.1 Å². The van der Waals surface area contributed by atoms with Gasteiger partial charge in [-0.05, 0) is 35.7 Å². The first-order chi connectivity index (χ1) is 12.5. The monoisotopic (exact) mass is 357 g/mol. The van der Waals surface area contributed by atoms with Crippen LogP contribution in [0.5, 0.6) is 11.5 Å². The van der Waals surface area contributed by atoms with Crippen LogP contribution in [0.25, 0.3) is 0 Å². The summed E-state index contributed by atoms with van der Waals surface area (Å²) in [6, 6.07) is 12.5. The maximum atomic E-state index is 12.3. The van der Waals surface area contributed by atoms with Crippen LogP contribution in [0, 0.1) is 0 Å². The molecule has 0 spiro atoms. The van der Waals surface area contributed by atoms with Crippen LogP contribution in [0.2, 0.25) is 0 Å². The number of amides is 1. The number of carbonyl (C=O) groups excluding carboxylic acids is 2. The van der Waals surface area contributed by atoms with Crippen molar-refractivity contribution in [2.24, 2.45) is 0 Å². The Hall–Kier alpha value is -3.02. The van der Waals surface area contributed by atoms with Crippen molar-refractivity contribution in [3.05, 3.63) is 53.6 Å². The number of methoxy groups -OCH3 is 2. The number of rotatable bonds is 7. The Labute approximate surface area is 153 Å². The lowest BCUT2D eigenvalue weighted by Crippen LogP contribution is -2.21. The van der Waals surface area contributed by atoms with E-state index in [2.05, 4.69) is 19.2 Å². The summed E-state index contributed by atoms with van der Waals surface area (Å²) in [5, 5.41) is 2.69. The molecule has 1 N–H and O–H groups in total. The molecule has 2 aromatic carbocycles. The molecule has 26 heavy (non-hydrogen) atoms. The Kier molecular flexibility index (Phi) is 6.60. The third kappa shape index (κ3) is 4.75. The topological polar surface area (TPSA) is 73.9 Å². The highest BCUT2D eigenvalue weighted by molar-refractivity contribution is 5.98. The average Bonchev–Trinajstić information content (AvgIpc) is 2.65. The van der Waals surface area contributed by atoms with E-state index in [1.54, 1.807) is 18.2 Å². The Morgan fingerprint density at radius 3 is 2.04 bits per heavy atom. The van der Waals surface area contributed by atoms with Crippen molar-refractivity contribution in [1.82, 2.24) is 0 Å². The van der Waals surface area contributed by atoms with Gasteiger partial charge in [0.05, 0.1) is 14.2 Å². The van der Waals surface area contributed by atoms with E-state index in [4.69, 9.17) is 14.2 Å². The number of benzene rings is 2. The summed E-state index contributed by atoms with van der Waals surface area (Å²) in [4.78, 5) is 24.3. The molecule has 0 bridgehead atoms. The molecule has 6 heteroatoms. The minimum absolute atomic E-state index is 0.145. The number of nitrogens with one attached hydrogen (secondary N) is 1. The molecular weight excluding hydrogens is 334 g/mol. The summed E-state index contributed by atoms with van der Waals surface area (Å²) in [5.74, 6) is -0.0660. The predicted molar refractivity (Wildman–Crippen MR) is 99.0 cm³/mol. The van der Waals surface area contributed by atoms with Gasteiger partial charge in [0, 0.05) is 5.69 Å². The molecule has 0 heterocycles. The first-order valence-corrected chi connectivity index (χ1v) is 8.24. The van der Waals surface area contributed by atoms with Gasteiger partial charge in [-0.2, -0.15) is 0 Å². The van der Waals surface area contributed by atoms with Crippen LogP contribution in [-0.2, 0) is 9.53 Å². The second-order valence-electron chi connectivity index (χ2n) is 5.94. The van der Waals surface area contributed by atoms with Crippen molar-refractivity contribution in [1.29, 1.82) is 0 Å². The van der Waals surface area contributed by atoms with Crippen LogP contribution in [0.3, 0.4) is 0 Å². The van der Waals surface area contributed by atoms with Crippen LogP contribution in [0.1, 0.15) is 35.7 Å². The third-order valence-corrected chi connectivity index (χ3v) is 3.83. The van der Waals surface area contributed by atoms with Gasteiger partial charge in [0.25, 0.3) is 5.91 Å². The Morgan fingerprint density at radius 1 is 0.962 bits per heavy atom. The van der Waals surface area contributed by atoms with Crippen LogP contribution >= 0.6 is 0 Å². The molecule has 0 fully saturated rings. The number of ether oxygens (including phenoxy) is 3. The zero-order valence-electron chi connectivity index (χ0n) is 15.4. The molecule has 0 saturated heterocycles. The highest BCUT2D eigenvalue weighted by Crippen LogP contribution is 2.28. The largest absolute Gasteiger partial charge is 0.496 e. The number of hydrogen-bond donors (Lipinski definition) is 1. The highest BCUT2D eigenvalue weighted by Gasteiger charge is 2.20. The van der Waals surface area contributed by atoms with Gasteiger partial charge in [-0.3, -0.25) is 4.79 Å². The second-order valence-corrected chi connectivity index (χ2v) is 5.94. The van der Waals surface area contributed by atoms with Gasteiger partial charge in [-0.1, -0.05) is 32.0 Å². The molecule has 0 aliphatic rings. The lowest BCUT2D eigenvalue weighted by atomic mass is 10.0. The van der Waals surface area contributed by atoms with E-state index in [0.29, 0.717) is 23.1 Å². The zero-order chi connectivity index (χ0) is 19.1. The van der Waals surface area contributed by atoms with Crippen molar-refractivity contribution >= 4 is 17.6 Å². The number of anilines is 1. The molecule has 0 aromatic heterocycles. The van der Waals surface area contributed by atoms with Crippen molar-refractivity contribution in [2.75, 3.05) is 26.1 Å². The molecule has 0 aliphatic carbocycles. The molecule has 6 nitrogen and oxygen atoms in total. The Balaban J connectivity index is 1.98. The first kappa shape index (κ1) is 19.3. The van der Waals surface area contributed by atoms with Crippen LogP contribution in [-0.4, -0.2) is 32.7 Å².